The molecule has 0 saturated heterocycles. The average Bonchev–Trinajstić information content (AvgIpc) is 2.76. The Morgan fingerprint density at radius 2 is 0.774 bits per heavy atom. The van der Waals surface area contributed by atoms with E-state index in [0.29, 0.717) is 6.54 Å². The van der Waals surface area contributed by atoms with Gasteiger partial charge in [0.25, 0.3) is 0 Å². The third-order valence-corrected chi connectivity index (χ3v) is 6.09. The quantitative estimate of drug-likeness (QED) is 0.130. The largest absolute Gasteiger partial charge is 0.395 e. The van der Waals surface area contributed by atoms with E-state index >= 15 is 0 Å². The summed E-state index contributed by atoms with van der Waals surface area (Å²) in [5, 5.41) is 27.4. The highest BCUT2D eigenvalue weighted by molar-refractivity contribution is 4.60. The van der Waals surface area contributed by atoms with E-state index in [9.17, 15) is 5.11 Å². The molecular weight excluding hydrogens is 395 g/mol. The predicted molar refractivity (Wildman–Crippen MR) is 131 cm³/mol. The van der Waals surface area contributed by atoms with Crippen LogP contribution in [0.2, 0.25) is 0 Å². The molecule has 0 atom stereocenters. The minimum absolute atomic E-state index is 0. The molecule has 31 heavy (non-hydrogen) atoms. The molecule has 190 valence electrons. The van der Waals surface area contributed by atoms with Crippen molar-refractivity contribution in [2.45, 2.75) is 116 Å². The van der Waals surface area contributed by atoms with Gasteiger partial charge >= 0.3 is 0 Å². The van der Waals surface area contributed by atoms with Crippen LogP contribution in [0, 0.1) is 0 Å². The fraction of sp³-hybridized carbons (Fsp3) is 1.00. The summed E-state index contributed by atoms with van der Waals surface area (Å²) >= 11 is 0. The van der Waals surface area contributed by atoms with Crippen LogP contribution in [-0.2, 0) is 0 Å². The first-order chi connectivity index (χ1) is 14.8. The third-order valence-electron chi connectivity index (χ3n) is 6.09. The highest BCUT2D eigenvalue weighted by Crippen LogP contribution is 2.13. The molecule has 0 aromatic rings. The van der Waals surface area contributed by atoms with Crippen LogP contribution < -0.4 is 0 Å². The van der Waals surface area contributed by atoms with E-state index in [0.717, 1.165) is 26.1 Å². The highest BCUT2D eigenvalue weighted by atomic mass is 19.0. The summed E-state index contributed by atoms with van der Waals surface area (Å²) < 4.78 is 0. The SMILES string of the molecule is CCCCCCCCCCCCCCCCCCN(CCO)CCCN(CO)CO.F. The monoisotopic (exact) mass is 450 g/mol. The Balaban J connectivity index is 0. The molecule has 0 aromatic carbocycles. The lowest BCUT2D eigenvalue weighted by molar-refractivity contribution is 0.0265. The second kappa shape index (κ2) is 27.8. The van der Waals surface area contributed by atoms with Gasteiger partial charge in [-0.15, -0.1) is 0 Å². The summed E-state index contributed by atoms with van der Waals surface area (Å²) in [5.74, 6) is 0. The second-order valence-electron chi connectivity index (χ2n) is 8.90. The Morgan fingerprint density at radius 3 is 1.16 bits per heavy atom. The molecule has 0 rings (SSSR count). The van der Waals surface area contributed by atoms with E-state index in [4.69, 9.17) is 10.2 Å². The Hall–Kier alpha value is -0.270. The van der Waals surface area contributed by atoms with Crippen molar-refractivity contribution in [2.24, 2.45) is 0 Å². The Labute approximate surface area is 192 Å². The van der Waals surface area contributed by atoms with Crippen LogP contribution >= 0.6 is 0 Å². The van der Waals surface area contributed by atoms with Gasteiger partial charge in [0, 0.05) is 13.1 Å². The number of aliphatic hydroxyl groups excluding tert-OH is 3. The lowest BCUT2D eigenvalue weighted by Crippen LogP contribution is -2.33. The molecule has 0 fully saturated rings. The standard InChI is InChI=1S/C25H54N2O3.FH/c1-2-3-4-5-6-7-8-9-10-11-12-13-14-15-16-17-19-26(22-23-28)20-18-21-27(24-29)25-30;/h28-30H,2-25H2,1H3;1H. The Morgan fingerprint density at radius 1 is 0.419 bits per heavy atom. The van der Waals surface area contributed by atoms with E-state index in [1.165, 1.54) is 103 Å². The van der Waals surface area contributed by atoms with Crippen molar-refractivity contribution in [3.8, 4) is 0 Å². The lowest BCUT2D eigenvalue weighted by Gasteiger charge is -2.23. The van der Waals surface area contributed by atoms with E-state index in [1.807, 2.05) is 0 Å². The minimum Gasteiger partial charge on any atom is -0.395 e. The molecule has 0 aliphatic carbocycles. The van der Waals surface area contributed by atoms with Gasteiger partial charge in [-0.25, -0.2) is 0 Å². The molecule has 0 aliphatic heterocycles. The molecular formula is C25H55FN2O3. The molecule has 0 radical (unpaired) electrons. The van der Waals surface area contributed by atoms with Crippen molar-refractivity contribution in [1.82, 2.24) is 9.80 Å². The summed E-state index contributed by atoms with van der Waals surface area (Å²) in [7, 11) is 0. The molecule has 0 bridgehead atoms. The van der Waals surface area contributed by atoms with Gasteiger partial charge in [-0.1, -0.05) is 103 Å². The highest BCUT2D eigenvalue weighted by Gasteiger charge is 2.06. The number of halogens is 1. The summed E-state index contributed by atoms with van der Waals surface area (Å²) in [6, 6.07) is 0. The van der Waals surface area contributed by atoms with Crippen molar-refractivity contribution in [2.75, 3.05) is 46.2 Å². The Bertz CT molecular complexity index is 321. The van der Waals surface area contributed by atoms with Crippen molar-refractivity contribution >= 4 is 0 Å². The zero-order valence-corrected chi connectivity index (χ0v) is 20.6. The molecule has 0 amide bonds. The zero-order chi connectivity index (χ0) is 22.1. The van der Waals surface area contributed by atoms with Crippen LogP contribution in [0.1, 0.15) is 116 Å². The van der Waals surface area contributed by atoms with Crippen LogP contribution in [0.15, 0.2) is 0 Å². The van der Waals surface area contributed by atoms with Crippen molar-refractivity contribution < 1.29 is 20.0 Å². The molecule has 0 spiro atoms. The molecule has 0 unspecified atom stereocenters. The van der Waals surface area contributed by atoms with Crippen molar-refractivity contribution in [3.63, 3.8) is 0 Å². The van der Waals surface area contributed by atoms with E-state index in [2.05, 4.69) is 11.8 Å². The van der Waals surface area contributed by atoms with E-state index in [1.54, 1.807) is 4.90 Å². The van der Waals surface area contributed by atoms with Gasteiger partial charge in [-0.2, -0.15) is 0 Å². The van der Waals surface area contributed by atoms with Crippen LogP contribution in [0.3, 0.4) is 0 Å². The van der Waals surface area contributed by atoms with Gasteiger partial charge in [-0.3, -0.25) is 9.60 Å². The molecule has 0 saturated carbocycles. The van der Waals surface area contributed by atoms with Gasteiger partial charge in [0.15, 0.2) is 0 Å². The molecule has 0 aliphatic rings. The number of aliphatic hydroxyl groups is 3. The maximum atomic E-state index is 9.24. The number of rotatable bonds is 25. The molecule has 0 heterocycles. The normalized spacial score (nSPS) is 11.4. The first kappa shape index (κ1) is 32.9. The number of nitrogens with zero attached hydrogens (tertiary/aromatic N) is 2. The molecule has 3 N–H and O–H groups in total. The first-order valence-corrected chi connectivity index (χ1v) is 13.1. The summed E-state index contributed by atoms with van der Waals surface area (Å²) in [6.45, 7) is 5.63. The van der Waals surface area contributed by atoms with Crippen LogP contribution in [0.25, 0.3) is 0 Å². The van der Waals surface area contributed by atoms with Crippen molar-refractivity contribution in [1.29, 1.82) is 0 Å². The maximum absolute atomic E-state index is 9.24. The zero-order valence-electron chi connectivity index (χ0n) is 20.6. The minimum atomic E-state index is -0.102. The van der Waals surface area contributed by atoms with Gasteiger partial charge in [0.2, 0.25) is 0 Å². The average molecular weight is 451 g/mol. The number of hydrogen-bond acceptors (Lipinski definition) is 5. The molecule has 0 aromatic heterocycles. The van der Waals surface area contributed by atoms with Crippen molar-refractivity contribution in [3.05, 3.63) is 0 Å². The topological polar surface area (TPSA) is 67.2 Å². The van der Waals surface area contributed by atoms with Crippen LogP contribution in [0.4, 0.5) is 4.70 Å². The number of hydrogen-bond donors (Lipinski definition) is 3. The maximum Gasteiger partial charge on any atom is 0.0974 e. The number of unbranched alkanes of at least 4 members (excludes halogenated alkanes) is 15. The smallest absolute Gasteiger partial charge is 0.0974 e. The second-order valence-corrected chi connectivity index (χ2v) is 8.90. The Kier molecular flexibility index (Phi) is 29.5. The third kappa shape index (κ3) is 24.2. The summed E-state index contributed by atoms with van der Waals surface area (Å²) in [5.41, 5.74) is 0. The van der Waals surface area contributed by atoms with Crippen LogP contribution in [-0.4, -0.2) is 71.4 Å². The van der Waals surface area contributed by atoms with E-state index < -0.39 is 0 Å². The first-order valence-electron chi connectivity index (χ1n) is 13.1. The van der Waals surface area contributed by atoms with Gasteiger partial charge in [-0.05, 0) is 25.9 Å². The molecule has 6 heteroatoms. The lowest BCUT2D eigenvalue weighted by atomic mass is 10.0. The van der Waals surface area contributed by atoms with Gasteiger partial charge in [0.1, 0.15) is 0 Å². The molecule has 5 nitrogen and oxygen atoms in total. The van der Waals surface area contributed by atoms with Crippen LogP contribution in [0.5, 0.6) is 0 Å². The van der Waals surface area contributed by atoms with E-state index in [-0.39, 0.29) is 24.8 Å². The fourth-order valence-electron chi connectivity index (χ4n) is 4.06. The summed E-state index contributed by atoms with van der Waals surface area (Å²) in [4.78, 5) is 3.91. The van der Waals surface area contributed by atoms with Gasteiger partial charge in [0.05, 0.1) is 20.1 Å². The predicted octanol–water partition coefficient (Wildman–Crippen LogP) is 5.29. The summed E-state index contributed by atoms with van der Waals surface area (Å²) in [6.07, 6.45) is 23.1. The fourth-order valence-corrected chi connectivity index (χ4v) is 4.06. The van der Waals surface area contributed by atoms with Gasteiger partial charge < -0.3 is 20.2 Å².